The van der Waals surface area contributed by atoms with Crippen molar-refractivity contribution >= 4 is 5.91 Å². The third kappa shape index (κ3) is 5.77. The van der Waals surface area contributed by atoms with Crippen molar-refractivity contribution in [2.24, 2.45) is 5.41 Å². The Morgan fingerprint density at radius 2 is 2.11 bits per heavy atom. The first-order valence-corrected chi connectivity index (χ1v) is 6.38. The highest BCUT2D eigenvalue weighted by Crippen LogP contribution is 2.11. The lowest BCUT2D eigenvalue weighted by atomic mass is 9.96. The van der Waals surface area contributed by atoms with Gasteiger partial charge in [-0.05, 0) is 24.6 Å². The van der Waals surface area contributed by atoms with Gasteiger partial charge in [-0.1, -0.05) is 26.8 Å². The molecule has 0 saturated heterocycles. The highest BCUT2D eigenvalue weighted by atomic mass is 16.2. The van der Waals surface area contributed by atoms with E-state index in [-0.39, 0.29) is 11.3 Å². The van der Waals surface area contributed by atoms with Crippen LogP contribution in [0, 0.1) is 5.41 Å². The third-order valence-electron chi connectivity index (χ3n) is 2.55. The van der Waals surface area contributed by atoms with Gasteiger partial charge < -0.3 is 10.6 Å². The Bertz CT molecular complexity index is 357. The Balaban J connectivity index is 2.05. The summed E-state index contributed by atoms with van der Waals surface area (Å²) in [6.07, 6.45) is 4.56. The van der Waals surface area contributed by atoms with Crippen molar-refractivity contribution in [1.82, 2.24) is 15.6 Å². The average Bonchev–Trinajstić information content (AvgIpc) is 2.33. The lowest BCUT2D eigenvalue weighted by Gasteiger charge is -2.17. The lowest BCUT2D eigenvalue weighted by molar-refractivity contribution is -0.128. The summed E-state index contributed by atoms with van der Waals surface area (Å²) in [7, 11) is 0. The second kappa shape index (κ2) is 7.11. The van der Waals surface area contributed by atoms with Gasteiger partial charge in [0, 0.05) is 30.9 Å². The van der Waals surface area contributed by atoms with E-state index in [0.29, 0.717) is 0 Å². The molecule has 0 atom stereocenters. The summed E-state index contributed by atoms with van der Waals surface area (Å²) in [6, 6.07) is 3.97. The monoisotopic (exact) mass is 249 g/mol. The van der Waals surface area contributed by atoms with Crippen LogP contribution in [-0.4, -0.2) is 24.0 Å². The molecule has 4 heteroatoms. The molecule has 0 spiro atoms. The van der Waals surface area contributed by atoms with Gasteiger partial charge in [0.25, 0.3) is 0 Å². The van der Waals surface area contributed by atoms with Crippen LogP contribution in [0.1, 0.15) is 32.8 Å². The number of amides is 1. The minimum Gasteiger partial charge on any atom is -0.356 e. The Morgan fingerprint density at radius 1 is 1.33 bits per heavy atom. The molecule has 0 aliphatic carbocycles. The summed E-state index contributed by atoms with van der Waals surface area (Å²) in [5.41, 5.74) is 0.875. The molecule has 4 nitrogen and oxygen atoms in total. The standard InChI is InChI=1S/C14H23N3O/c1-14(2,3)13(18)17-9-5-8-16-11-12-6-4-7-15-10-12/h4,6-7,10,16H,5,8-9,11H2,1-3H3,(H,17,18). The van der Waals surface area contributed by atoms with Crippen molar-refractivity contribution in [2.75, 3.05) is 13.1 Å². The maximum Gasteiger partial charge on any atom is 0.225 e. The number of carbonyl (C=O) groups is 1. The van der Waals surface area contributed by atoms with Gasteiger partial charge in [0.15, 0.2) is 0 Å². The summed E-state index contributed by atoms with van der Waals surface area (Å²) in [5.74, 6) is 0.106. The van der Waals surface area contributed by atoms with Gasteiger partial charge in [0.2, 0.25) is 5.91 Å². The number of rotatable bonds is 6. The molecule has 2 N–H and O–H groups in total. The number of nitrogens with one attached hydrogen (secondary N) is 2. The van der Waals surface area contributed by atoms with Crippen LogP contribution in [0.3, 0.4) is 0 Å². The molecule has 100 valence electrons. The molecule has 0 aromatic carbocycles. The fraction of sp³-hybridized carbons (Fsp3) is 0.571. The zero-order valence-corrected chi connectivity index (χ0v) is 11.5. The first-order valence-electron chi connectivity index (χ1n) is 6.38. The molecule has 0 aliphatic heterocycles. The van der Waals surface area contributed by atoms with Crippen molar-refractivity contribution < 1.29 is 4.79 Å². The van der Waals surface area contributed by atoms with Crippen LogP contribution in [0.4, 0.5) is 0 Å². The minimum atomic E-state index is -0.302. The summed E-state index contributed by atoms with van der Waals surface area (Å²) in [5, 5.41) is 6.25. The molecule has 0 fully saturated rings. The average molecular weight is 249 g/mol. The fourth-order valence-electron chi connectivity index (χ4n) is 1.42. The van der Waals surface area contributed by atoms with E-state index in [1.54, 1.807) is 6.20 Å². The molecule has 0 unspecified atom stereocenters. The molecular weight excluding hydrogens is 226 g/mol. The summed E-state index contributed by atoms with van der Waals surface area (Å²) >= 11 is 0. The van der Waals surface area contributed by atoms with E-state index in [1.165, 1.54) is 5.56 Å². The van der Waals surface area contributed by atoms with E-state index in [1.807, 2.05) is 39.1 Å². The predicted octanol–water partition coefficient (Wildman–Crippen LogP) is 1.72. The van der Waals surface area contributed by atoms with Crippen molar-refractivity contribution in [2.45, 2.75) is 33.7 Å². The molecule has 1 aromatic rings. The highest BCUT2D eigenvalue weighted by Gasteiger charge is 2.19. The van der Waals surface area contributed by atoms with E-state index in [2.05, 4.69) is 15.6 Å². The Labute approximate surface area is 109 Å². The molecule has 0 radical (unpaired) electrons. The molecule has 0 aliphatic rings. The third-order valence-corrected chi connectivity index (χ3v) is 2.55. The van der Waals surface area contributed by atoms with Gasteiger partial charge >= 0.3 is 0 Å². The van der Waals surface area contributed by atoms with Crippen LogP contribution in [0.15, 0.2) is 24.5 Å². The van der Waals surface area contributed by atoms with Gasteiger partial charge in [0.1, 0.15) is 0 Å². The fourth-order valence-corrected chi connectivity index (χ4v) is 1.42. The van der Waals surface area contributed by atoms with E-state index < -0.39 is 0 Å². The van der Waals surface area contributed by atoms with E-state index >= 15 is 0 Å². The van der Waals surface area contributed by atoms with Crippen molar-refractivity contribution in [3.63, 3.8) is 0 Å². The van der Waals surface area contributed by atoms with Crippen LogP contribution in [0.5, 0.6) is 0 Å². The molecule has 0 saturated carbocycles. The predicted molar refractivity (Wildman–Crippen MR) is 73.0 cm³/mol. The molecular formula is C14H23N3O. The molecule has 1 heterocycles. The topological polar surface area (TPSA) is 54.0 Å². The largest absolute Gasteiger partial charge is 0.356 e. The van der Waals surface area contributed by atoms with Gasteiger partial charge in [-0.25, -0.2) is 0 Å². The Morgan fingerprint density at radius 3 is 2.72 bits per heavy atom. The maximum atomic E-state index is 11.6. The number of pyridine rings is 1. The SMILES string of the molecule is CC(C)(C)C(=O)NCCCNCc1cccnc1. The summed E-state index contributed by atoms with van der Waals surface area (Å²) in [4.78, 5) is 15.6. The number of carbonyl (C=O) groups excluding carboxylic acids is 1. The van der Waals surface area contributed by atoms with Crippen molar-refractivity contribution in [3.05, 3.63) is 30.1 Å². The molecule has 1 rings (SSSR count). The highest BCUT2D eigenvalue weighted by molar-refractivity contribution is 5.81. The smallest absolute Gasteiger partial charge is 0.225 e. The first-order chi connectivity index (χ1) is 8.50. The number of hydrogen-bond donors (Lipinski definition) is 2. The number of nitrogens with zero attached hydrogens (tertiary/aromatic N) is 1. The number of hydrogen-bond acceptors (Lipinski definition) is 3. The van der Waals surface area contributed by atoms with Crippen LogP contribution < -0.4 is 10.6 Å². The zero-order valence-electron chi connectivity index (χ0n) is 11.5. The molecule has 0 bridgehead atoms. The molecule has 1 amide bonds. The second-order valence-electron chi connectivity index (χ2n) is 5.40. The quantitative estimate of drug-likeness (QED) is 0.755. The zero-order chi connectivity index (χ0) is 13.4. The van der Waals surface area contributed by atoms with Gasteiger partial charge in [-0.15, -0.1) is 0 Å². The first kappa shape index (κ1) is 14.6. The van der Waals surface area contributed by atoms with Crippen molar-refractivity contribution in [3.8, 4) is 0 Å². The van der Waals surface area contributed by atoms with E-state index in [0.717, 1.165) is 26.1 Å². The van der Waals surface area contributed by atoms with Crippen LogP contribution in [0.2, 0.25) is 0 Å². The second-order valence-corrected chi connectivity index (χ2v) is 5.40. The van der Waals surface area contributed by atoms with Gasteiger partial charge in [-0.2, -0.15) is 0 Å². The van der Waals surface area contributed by atoms with Crippen LogP contribution in [-0.2, 0) is 11.3 Å². The van der Waals surface area contributed by atoms with Crippen LogP contribution >= 0.6 is 0 Å². The molecule has 18 heavy (non-hydrogen) atoms. The number of aromatic nitrogens is 1. The van der Waals surface area contributed by atoms with Crippen LogP contribution in [0.25, 0.3) is 0 Å². The molecule has 1 aromatic heterocycles. The normalized spacial score (nSPS) is 11.3. The Hall–Kier alpha value is -1.42. The van der Waals surface area contributed by atoms with E-state index in [9.17, 15) is 4.79 Å². The van der Waals surface area contributed by atoms with Gasteiger partial charge in [0.05, 0.1) is 0 Å². The summed E-state index contributed by atoms with van der Waals surface area (Å²) < 4.78 is 0. The Kier molecular flexibility index (Phi) is 5.78. The van der Waals surface area contributed by atoms with Crippen molar-refractivity contribution in [1.29, 1.82) is 0 Å². The maximum absolute atomic E-state index is 11.6. The van der Waals surface area contributed by atoms with E-state index in [4.69, 9.17) is 0 Å². The van der Waals surface area contributed by atoms with Gasteiger partial charge in [-0.3, -0.25) is 9.78 Å². The minimum absolute atomic E-state index is 0.106. The summed E-state index contributed by atoms with van der Waals surface area (Å²) in [6.45, 7) is 8.19. The lowest BCUT2D eigenvalue weighted by Crippen LogP contribution is -2.36.